The minimum absolute atomic E-state index is 0.0850. The number of likely N-dealkylation sites (tertiary alicyclic amines) is 1. The van der Waals surface area contributed by atoms with Crippen LogP contribution in [0.25, 0.3) is 0 Å². The van der Waals surface area contributed by atoms with Crippen molar-refractivity contribution in [1.82, 2.24) is 15.1 Å². The number of nitrogens with zero attached hydrogens (tertiary/aromatic N) is 3. The van der Waals surface area contributed by atoms with Crippen molar-refractivity contribution in [1.29, 1.82) is 5.26 Å². The van der Waals surface area contributed by atoms with E-state index in [1.165, 1.54) is 19.4 Å². The highest BCUT2D eigenvalue weighted by molar-refractivity contribution is 5.05. The first kappa shape index (κ1) is 14.3. The molecule has 4 nitrogen and oxygen atoms in total. The lowest BCUT2D eigenvalue weighted by Crippen LogP contribution is -2.51. The molecule has 1 N–H and O–H groups in total. The molecule has 3 rings (SSSR count). The Bertz CT molecular complexity index is 368. The molecule has 0 aromatic heterocycles. The van der Waals surface area contributed by atoms with E-state index in [1.54, 1.807) is 0 Å². The molecule has 0 aromatic rings. The quantitative estimate of drug-likeness (QED) is 0.840. The summed E-state index contributed by atoms with van der Waals surface area (Å²) in [6.45, 7) is 11.2. The molecule has 20 heavy (non-hydrogen) atoms. The standard InChI is InChI=1S/C16H28N4/c1-15(2-3-15)13-19-8-4-16(12-17,5-9-19)14-20-10-6-18-7-11-20/h18H,2-11,13-14H2,1H3. The average molecular weight is 276 g/mol. The van der Waals surface area contributed by atoms with E-state index in [4.69, 9.17) is 0 Å². The van der Waals surface area contributed by atoms with Crippen LogP contribution < -0.4 is 5.32 Å². The zero-order valence-corrected chi connectivity index (χ0v) is 12.8. The lowest BCUT2D eigenvalue weighted by atomic mass is 9.79. The first-order valence-electron chi connectivity index (χ1n) is 8.20. The summed E-state index contributed by atoms with van der Waals surface area (Å²) in [6, 6.07) is 2.67. The first-order valence-corrected chi connectivity index (χ1v) is 8.20. The maximum absolute atomic E-state index is 9.69. The van der Waals surface area contributed by atoms with Gasteiger partial charge in [0.05, 0.1) is 11.5 Å². The molecule has 0 spiro atoms. The molecular formula is C16H28N4. The fourth-order valence-corrected chi connectivity index (χ4v) is 3.65. The lowest BCUT2D eigenvalue weighted by Gasteiger charge is -2.41. The third kappa shape index (κ3) is 3.33. The predicted molar refractivity (Wildman–Crippen MR) is 80.4 cm³/mol. The van der Waals surface area contributed by atoms with Gasteiger partial charge in [-0.25, -0.2) is 0 Å². The molecule has 0 bridgehead atoms. The van der Waals surface area contributed by atoms with E-state index in [9.17, 15) is 5.26 Å². The highest BCUT2D eigenvalue weighted by Crippen LogP contribution is 2.46. The molecule has 1 saturated carbocycles. The summed E-state index contributed by atoms with van der Waals surface area (Å²) in [5.41, 5.74) is 0.517. The minimum atomic E-state index is -0.0850. The molecule has 2 saturated heterocycles. The van der Waals surface area contributed by atoms with E-state index in [0.29, 0.717) is 5.41 Å². The molecule has 3 fully saturated rings. The summed E-state index contributed by atoms with van der Waals surface area (Å²) in [5, 5.41) is 13.1. The Labute approximate surface area is 123 Å². The molecule has 4 heteroatoms. The second kappa shape index (κ2) is 5.63. The Morgan fingerprint density at radius 2 is 1.55 bits per heavy atom. The van der Waals surface area contributed by atoms with Gasteiger partial charge in [0.1, 0.15) is 0 Å². The SMILES string of the molecule is CC1(CN2CCC(C#N)(CN3CCNCC3)CC2)CC1. The van der Waals surface area contributed by atoms with Crippen LogP contribution in [0.15, 0.2) is 0 Å². The van der Waals surface area contributed by atoms with Crippen molar-refractivity contribution in [3.63, 3.8) is 0 Å². The summed E-state index contributed by atoms with van der Waals surface area (Å²) < 4.78 is 0. The van der Waals surface area contributed by atoms with Crippen LogP contribution >= 0.6 is 0 Å². The fraction of sp³-hybridized carbons (Fsp3) is 0.938. The van der Waals surface area contributed by atoms with Crippen LogP contribution in [0.2, 0.25) is 0 Å². The van der Waals surface area contributed by atoms with Crippen molar-refractivity contribution < 1.29 is 0 Å². The van der Waals surface area contributed by atoms with Crippen LogP contribution in [0, 0.1) is 22.2 Å². The molecular weight excluding hydrogens is 248 g/mol. The Morgan fingerprint density at radius 1 is 0.950 bits per heavy atom. The monoisotopic (exact) mass is 276 g/mol. The van der Waals surface area contributed by atoms with Gasteiger partial charge in [-0.1, -0.05) is 6.92 Å². The van der Waals surface area contributed by atoms with Gasteiger partial charge in [0.25, 0.3) is 0 Å². The molecule has 0 unspecified atom stereocenters. The van der Waals surface area contributed by atoms with Gasteiger partial charge >= 0.3 is 0 Å². The molecule has 2 heterocycles. The van der Waals surface area contributed by atoms with Gasteiger partial charge in [0.2, 0.25) is 0 Å². The Balaban J connectivity index is 1.51. The fourth-order valence-electron chi connectivity index (χ4n) is 3.65. The highest BCUT2D eigenvalue weighted by atomic mass is 15.2. The van der Waals surface area contributed by atoms with Crippen LogP contribution in [0.4, 0.5) is 0 Å². The van der Waals surface area contributed by atoms with Gasteiger partial charge in [-0.05, 0) is 44.2 Å². The first-order chi connectivity index (χ1) is 9.63. The smallest absolute Gasteiger partial charge is 0.0725 e. The van der Waals surface area contributed by atoms with Crippen molar-refractivity contribution in [3.05, 3.63) is 0 Å². The second-order valence-electron chi connectivity index (χ2n) is 7.51. The third-order valence-electron chi connectivity index (χ3n) is 5.50. The van der Waals surface area contributed by atoms with Crippen molar-refractivity contribution in [2.24, 2.45) is 10.8 Å². The molecule has 0 aromatic carbocycles. The zero-order chi connectivity index (χ0) is 14.1. The zero-order valence-electron chi connectivity index (χ0n) is 12.8. The van der Waals surface area contributed by atoms with Gasteiger partial charge in [-0.15, -0.1) is 0 Å². The highest BCUT2D eigenvalue weighted by Gasteiger charge is 2.42. The van der Waals surface area contributed by atoms with E-state index < -0.39 is 0 Å². The van der Waals surface area contributed by atoms with Gasteiger partial charge in [-0.3, -0.25) is 4.90 Å². The van der Waals surface area contributed by atoms with Crippen molar-refractivity contribution in [2.75, 3.05) is 52.4 Å². The topological polar surface area (TPSA) is 42.3 Å². The van der Waals surface area contributed by atoms with Crippen LogP contribution in [0.1, 0.15) is 32.6 Å². The van der Waals surface area contributed by atoms with E-state index >= 15 is 0 Å². The largest absolute Gasteiger partial charge is 0.314 e. The maximum Gasteiger partial charge on any atom is 0.0725 e. The van der Waals surface area contributed by atoms with E-state index in [-0.39, 0.29) is 5.41 Å². The lowest BCUT2D eigenvalue weighted by molar-refractivity contribution is 0.0854. The van der Waals surface area contributed by atoms with Crippen LogP contribution in [-0.2, 0) is 0 Å². The molecule has 112 valence electrons. The normalized spacial score (nSPS) is 29.8. The average Bonchev–Trinajstić information content (AvgIpc) is 3.20. The molecule has 3 aliphatic rings. The summed E-state index contributed by atoms with van der Waals surface area (Å²) in [5.74, 6) is 0. The van der Waals surface area contributed by atoms with E-state index in [0.717, 1.165) is 58.7 Å². The van der Waals surface area contributed by atoms with Gasteiger partial charge in [-0.2, -0.15) is 5.26 Å². The van der Waals surface area contributed by atoms with Crippen LogP contribution in [0.3, 0.4) is 0 Å². The molecule has 2 aliphatic heterocycles. The van der Waals surface area contributed by atoms with Crippen LogP contribution in [0.5, 0.6) is 0 Å². The molecule has 0 atom stereocenters. The Kier molecular flexibility index (Phi) is 4.03. The number of nitrogens with one attached hydrogen (secondary N) is 1. The van der Waals surface area contributed by atoms with E-state index in [2.05, 4.69) is 28.1 Å². The summed E-state index contributed by atoms with van der Waals surface area (Å²) in [7, 11) is 0. The van der Waals surface area contributed by atoms with E-state index in [1.807, 2.05) is 0 Å². The second-order valence-corrected chi connectivity index (χ2v) is 7.51. The molecule has 0 radical (unpaired) electrons. The predicted octanol–water partition coefficient (Wildman–Crippen LogP) is 1.30. The summed E-state index contributed by atoms with van der Waals surface area (Å²) >= 11 is 0. The van der Waals surface area contributed by atoms with Crippen LogP contribution in [-0.4, -0.2) is 62.2 Å². The van der Waals surface area contributed by atoms with Crippen molar-refractivity contribution in [3.8, 4) is 6.07 Å². The van der Waals surface area contributed by atoms with Gasteiger partial charge < -0.3 is 10.2 Å². The summed E-state index contributed by atoms with van der Waals surface area (Å²) in [6.07, 6.45) is 4.91. The van der Waals surface area contributed by atoms with Crippen molar-refractivity contribution in [2.45, 2.75) is 32.6 Å². The number of hydrogen-bond acceptors (Lipinski definition) is 4. The maximum atomic E-state index is 9.69. The number of hydrogen-bond donors (Lipinski definition) is 1. The number of rotatable bonds is 4. The Hall–Kier alpha value is -0.630. The van der Waals surface area contributed by atoms with Crippen molar-refractivity contribution >= 4 is 0 Å². The molecule has 1 aliphatic carbocycles. The third-order valence-corrected chi connectivity index (χ3v) is 5.50. The number of piperidine rings is 1. The summed E-state index contributed by atoms with van der Waals surface area (Å²) in [4.78, 5) is 5.08. The van der Waals surface area contributed by atoms with Gasteiger partial charge in [0.15, 0.2) is 0 Å². The number of nitriles is 1. The Morgan fingerprint density at radius 3 is 2.10 bits per heavy atom. The van der Waals surface area contributed by atoms with Gasteiger partial charge in [0, 0.05) is 39.3 Å². The minimum Gasteiger partial charge on any atom is -0.314 e. The number of piperazine rings is 1. The molecule has 0 amide bonds.